The molecule has 21 heavy (non-hydrogen) atoms. The zero-order chi connectivity index (χ0) is 15.6. The fraction of sp³-hybridized carbons (Fsp3) is 0.450. The minimum Gasteiger partial charge on any atom is -0.265 e. The Morgan fingerprint density at radius 3 is 1.57 bits per heavy atom. The first kappa shape index (κ1) is 15.8. The lowest BCUT2D eigenvalue weighted by molar-refractivity contribution is 0.807. The molecule has 1 heterocycles. The van der Waals surface area contributed by atoms with Gasteiger partial charge in [-0.2, -0.15) is 0 Å². The normalized spacial score (nSPS) is 11.7. The van der Waals surface area contributed by atoms with Crippen LogP contribution in [0.2, 0.25) is 0 Å². The second kappa shape index (κ2) is 6.43. The van der Waals surface area contributed by atoms with Gasteiger partial charge >= 0.3 is 0 Å². The Labute approximate surface area is 129 Å². The Balaban J connectivity index is 2.77. The van der Waals surface area contributed by atoms with Gasteiger partial charge in [0.2, 0.25) is 0 Å². The minimum absolute atomic E-state index is 0.518. The summed E-state index contributed by atoms with van der Waals surface area (Å²) in [6.07, 6.45) is 3.78. The number of aromatic nitrogens is 1. The highest BCUT2D eigenvalue weighted by Gasteiger charge is 2.18. The first-order chi connectivity index (χ1) is 9.91. The van der Waals surface area contributed by atoms with Gasteiger partial charge in [-0.05, 0) is 57.7 Å². The molecule has 0 atom stereocenters. The third kappa shape index (κ3) is 3.34. The van der Waals surface area contributed by atoms with Crippen LogP contribution in [0, 0.1) is 0 Å². The van der Waals surface area contributed by atoms with Crippen molar-refractivity contribution in [3.8, 4) is 11.1 Å². The van der Waals surface area contributed by atoms with Crippen LogP contribution in [0.4, 0.5) is 0 Å². The van der Waals surface area contributed by atoms with Crippen LogP contribution in [0.1, 0.15) is 76.0 Å². The van der Waals surface area contributed by atoms with E-state index in [0.29, 0.717) is 17.8 Å². The number of nitrogens with zero attached hydrogens (tertiary/aromatic N) is 1. The van der Waals surface area contributed by atoms with Gasteiger partial charge < -0.3 is 0 Å². The molecule has 0 aliphatic rings. The summed E-state index contributed by atoms with van der Waals surface area (Å²) in [5.74, 6) is 1.60. The van der Waals surface area contributed by atoms with Crippen LogP contribution in [0.25, 0.3) is 11.1 Å². The van der Waals surface area contributed by atoms with Crippen molar-refractivity contribution in [1.29, 1.82) is 0 Å². The van der Waals surface area contributed by atoms with Gasteiger partial charge in [0, 0.05) is 12.4 Å². The van der Waals surface area contributed by atoms with Crippen LogP contribution >= 0.6 is 0 Å². The highest BCUT2D eigenvalue weighted by atomic mass is 14.6. The van der Waals surface area contributed by atoms with Gasteiger partial charge in [0.15, 0.2) is 0 Å². The Morgan fingerprint density at radius 2 is 1.19 bits per heavy atom. The number of rotatable bonds is 4. The summed E-state index contributed by atoms with van der Waals surface area (Å²) in [4.78, 5) is 4.17. The average Bonchev–Trinajstić information content (AvgIpc) is 2.46. The third-order valence-electron chi connectivity index (χ3n) is 4.10. The first-order valence-electron chi connectivity index (χ1n) is 8.00. The Kier molecular flexibility index (Phi) is 4.82. The molecule has 2 rings (SSSR count). The van der Waals surface area contributed by atoms with E-state index in [4.69, 9.17) is 0 Å². The average molecular weight is 281 g/mol. The van der Waals surface area contributed by atoms with E-state index in [1.54, 1.807) is 0 Å². The highest BCUT2D eigenvalue weighted by molar-refractivity contribution is 5.73. The van der Waals surface area contributed by atoms with Gasteiger partial charge in [0.25, 0.3) is 0 Å². The van der Waals surface area contributed by atoms with Crippen molar-refractivity contribution < 1.29 is 0 Å². The number of benzene rings is 1. The van der Waals surface area contributed by atoms with E-state index in [0.717, 1.165) is 0 Å². The molecule has 1 aromatic heterocycles. The Bertz CT molecular complexity index is 565. The zero-order valence-electron chi connectivity index (χ0n) is 14.1. The van der Waals surface area contributed by atoms with E-state index in [1.165, 1.54) is 27.8 Å². The first-order valence-corrected chi connectivity index (χ1v) is 8.00. The van der Waals surface area contributed by atoms with Gasteiger partial charge in [0.1, 0.15) is 0 Å². The quantitative estimate of drug-likeness (QED) is 0.658. The topological polar surface area (TPSA) is 12.9 Å². The molecule has 0 unspecified atom stereocenters. The number of pyridine rings is 1. The van der Waals surface area contributed by atoms with Crippen molar-refractivity contribution >= 4 is 0 Å². The van der Waals surface area contributed by atoms with E-state index >= 15 is 0 Å². The van der Waals surface area contributed by atoms with Crippen LogP contribution in [0.3, 0.4) is 0 Å². The maximum absolute atomic E-state index is 4.17. The van der Waals surface area contributed by atoms with Crippen LogP contribution < -0.4 is 0 Å². The monoisotopic (exact) mass is 281 g/mol. The molecule has 0 bridgehead atoms. The standard InChI is InChI=1S/C20H27N/c1-13(2)17-11-18(14(3)4)20(19(12-17)15(5)6)16-7-9-21-10-8-16/h7-15H,1-6H3. The molecule has 0 aliphatic heterocycles. The zero-order valence-corrected chi connectivity index (χ0v) is 14.1. The van der Waals surface area contributed by atoms with Crippen LogP contribution in [0.5, 0.6) is 0 Å². The smallest absolute Gasteiger partial charge is 0.0273 e. The van der Waals surface area contributed by atoms with Crippen molar-refractivity contribution in [3.05, 3.63) is 53.3 Å². The van der Waals surface area contributed by atoms with Gasteiger partial charge in [0.05, 0.1) is 0 Å². The summed E-state index contributed by atoms with van der Waals surface area (Å²) in [6, 6.07) is 9.05. The predicted molar refractivity (Wildman–Crippen MR) is 91.9 cm³/mol. The van der Waals surface area contributed by atoms with Crippen molar-refractivity contribution in [2.75, 3.05) is 0 Å². The summed E-state index contributed by atoms with van der Waals surface area (Å²) in [5.41, 5.74) is 7.05. The molecule has 0 amide bonds. The third-order valence-corrected chi connectivity index (χ3v) is 4.10. The number of hydrogen-bond acceptors (Lipinski definition) is 1. The van der Waals surface area contributed by atoms with Gasteiger partial charge in [-0.15, -0.1) is 0 Å². The van der Waals surface area contributed by atoms with E-state index in [2.05, 4.69) is 70.8 Å². The highest BCUT2D eigenvalue weighted by Crippen LogP contribution is 2.38. The molecule has 1 aromatic carbocycles. The second-order valence-electron chi connectivity index (χ2n) is 6.77. The summed E-state index contributed by atoms with van der Waals surface area (Å²) < 4.78 is 0. The summed E-state index contributed by atoms with van der Waals surface area (Å²) >= 11 is 0. The Hall–Kier alpha value is -1.63. The Morgan fingerprint density at radius 1 is 0.714 bits per heavy atom. The minimum atomic E-state index is 0.518. The van der Waals surface area contributed by atoms with E-state index < -0.39 is 0 Å². The molecule has 1 heteroatoms. The van der Waals surface area contributed by atoms with Crippen molar-refractivity contribution in [3.63, 3.8) is 0 Å². The molecule has 0 N–H and O–H groups in total. The molecule has 0 saturated heterocycles. The van der Waals surface area contributed by atoms with Crippen molar-refractivity contribution in [2.45, 2.75) is 59.3 Å². The lowest BCUT2D eigenvalue weighted by Gasteiger charge is -2.23. The SMILES string of the molecule is CC(C)c1cc(C(C)C)c(-c2ccncc2)c(C(C)C)c1. The summed E-state index contributed by atoms with van der Waals surface area (Å²) in [5, 5.41) is 0. The van der Waals surface area contributed by atoms with Gasteiger partial charge in [-0.1, -0.05) is 53.7 Å². The van der Waals surface area contributed by atoms with Gasteiger partial charge in [-0.25, -0.2) is 0 Å². The maximum atomic E-state index is 4.17. The van der Waals surface area contributed by atoms with Crippen molar-refractivity contribution in [2.24, 2.45) is 0 Å². The molecule has 0 spiro atoms. The molecule has 2 aromatic rings. The lowest BCUT2D eigenvalue weighted by atomic mass is 9.82. The maximum Gasteiger partial charge on any atom is 0.0273 e. The largest absolute Gasteiger partial charge is 0.265 e. The molecular formula is C20H27N. The van der Waals surface area contributed by atoms with E-state index in [-0.39, 0.29) is 0 Å². The second-order valence-corrected chi connectivity index (χ2v) is 6.77. The lowest BCUT2D eigenvalue weighted by Crippen LogP contribution is -2.03. The fourth-order valence-corrected chi connectivity index (χ4v) is 2.81. The summed E-state index contributed by atoms with van der Waals surface area (Å²) in [7, 11) is 0. The molecule has 0 radical (unpaired) electrons. The molecule has 0 saturated carbocycles. The van der Waals surface area contributed by atoms with Crippen molar-refractivity contribution in [1.82, 2.24) is 4.98 Å². The van der Waals surface area contributed by atoms with Crippen LogP contribution in [-0.4, -0.2) is 4.98 Å². The molecule has 1 nitrogen and oxygen atoms in total. The van der Waals surface area contributed by atoms with E-state index in [9.17, 15) is 0 Å². The predicted octanol–water partition coefficient (Wildman–Crippen LogP) is 6.12. The molecule has 112 valence electrons. The van der Waals surface area contributed by atoms with Gasteiger partial charge in [-0.3, -0.25) is 4.98 Å². The van der Waals surface area contributed by atoms with E-state index in [1.807, 2.05) is 12.4 Å². The number of hydrogen-bond donors (Lipinski definition) is 0. The van der Waals surface area contributed by atoms with Crippen LogP contribution in [-0.2, 0) is 0 Å². The summed E-state index contributed by atoms with van der Waals surface area (Å²) in [6.45, 7) is 13.7. The fourth-order valence-electron chi connectivity index (χ4n) is 2.81. The van der Waals surface area contributed by atoms with Crippen LogP contribution in [0.15, 0.2) is 36.7 Å². The molecule has 0 aliphatic carbocycles. The molecular weight excluding hydrogens is 254 g/mol. The molecule has 0 fully saturated rings.